The molecule has 0 heterocycles. The fraction of sp³-hybridized carbons (Fsp3) is 0.500. The smallest absolute Gasteiger partial charge is 0.253 e. The topological polar surface area (TPSA) is 55.1 Å². The van der Waals surface area contributed by atoms with Crippen LogP contribution in [0.3, 0.4) is 0 Å². The van der Waals surface area contributed by atoms with Gasteiger partial charge < -0.3 is 11.1 Å². The number of halogens is 2. The molecule has 0 spiro atoms. The number of hydrogen-bond acceptors (Lipinski definition) is 3. The first-order valence-corrected chi connectivity index (χ1v) is 7.88. The number of amides is 1. The van der Waals surface area contributed by atoms with Crippen molar-refractivity contribution >= 4 is 23.4 Å². The van der Waals surface area contributed by atoms with Gasteiger partial charge in [-0.3, -0.25) is 4.79 Å². The molecule has 20 heavy (non-hydrogen) atoms. The van der Waals surface area contributed by atoms with Gasteiger partial charge in [0.05, 0.1) is 5.56 Å². The van der Waals surface area contributed by atoms with Crippen molar-refractivity contribution in [1.29, 1.82) is 0 Å². The third kappa shape index (κ3) is 3.42. The van der Waals surface area contributed by atoms with Gasteiger partial charge in [-0.15, -0.1) is 0 Å². The molecule has 3 nitrogen and oxygen atoms in total. The van der Waals surface area contributed by atoms with Gasteiger partial charge in [0.2, 0.25) is 0 Å². The van der Waals surface area contributed by atoms with Crippen LogP contribution in [0.2, 0.25) is 0 Å². The van der Waals surface area contributed by atoms with E-state index in [0.717, 1.165) is 37.8 Å². The fourth-order valence-corrected chi connectivity index (χ4v) is 3.21. The summed E-state index contributed by atoms with van der Waals surface area (Å²) in [5.41, 5.74) is 5.52. The molecule has 0 aromatic heterocycles. The summed E-state index contributed by atoms with van der Waals surface area (Å²) in [7, 11) is 0. The molecule has 2 rings (SSSR count). The van der Waals surface area contributed by atoms with Gasteiger partial charge in [-0.05, 0) is 38.0 Å². The summed E-state index contributed by atoms with van der Waals surface area (Å²) in [6, 6.07) is 1.78. The Labute approximate surface area is 121 Å². The fourth-order valence-electron chi connectivity index (χ4n) is 2.46. The minimum atomic E-state index is -1.06. The first kappa shape index (κ1) is 15.1. The molecule has 1 aromatic rings. The van der Waals surface area contributed by atoms with Crippen LogP contribution in [0.25, 0.3) is 0 Å². The second-order valence-corrected chi connectivity index (χ2v) is 6.17. The van der Waals surface area contributed by atoms with E-state index in [1.54, 1.807) is 0 Å². The lowest BCUT2D eigenvalue weighted by atomic mass is 9.94. The molecule has 110 valence electrons. The predicted octanol–water partition coefficient (Wildman–Crippen LogP) is 2.95. The SMILES string of the molecule is CSC1CCC(NC(=O)c2cc(F)c(F)cc2N)CC1. The highest BCUT2D eigenvalue weighted by Crippen LogP contribution is 2.27. The van der Waals surface area contributed by atoms with Crippen LogP contribution in [-0.2, 0) is 0 Å². The molecule has 0 radical (unpaired) electrons. The zero-order valence-corrected chi connectivity index (χ0v) is 12.1. The van der Waals surface area contributed by atoms with E-state index < -0.39 is 17.5 Å². The van der Waals surface area contributed by atoms with E-state index in [9.17, 15) is 13.6 Å². The van der Waals surface area contributed by atoms with E-state index >= 15 is 0 Å². The monoisotopic (exact) mass is 300 g/mol. The van der Waals surface area contributed by atoms with E-state index in [1.807, 2.05) is 11.8 Å². The Morgan fingerprint density at radius 3 is 2.45 bits per heavy atom. The Morgan fingerprint density at radius 2 is 1.85 bits per heavy atom. The molecule has 0 unspecified atom stereocenters. The van der Waals surface area contributed by atoms with Gasteiger partial charge in [0.15, 0.2) is 11.6 Å². The van der Waals surface area contributed by atoms with Crippen LogP contribution in [0.4, 0.5) is 14.5 Å². The molecular formula is C14H18F2N2OS. The van der Waals surface area contributed by atoms with Crippen molar-refractivity contribution < 1.29 is 13.6 Å². The van der Waals surface area contributed by atoms with Crippen LogP contribution < -0.4 is 11.1 Å². The molecule has 1 aliphatic rings. The maximum Gasteiger partial charge on any atom is 0.253 e. The van der Waals surface area contributed by atoms with E-state index in [1.165, 1.54) is 0 Å². The molecule has 1 amide bonds. The second-order valence-electron chi connectivity index (χ2n) is 5.04. The van der Waals surface area contributed by atoms with Gasteiger partial charge in [-0.2, -0.15) is 11.8 Å². The molecule has 0 saturated heterocycles. The van der Waals surface area contributed by atoms with Crippen LogP contribution >= 0.6 is 11.8 Å². The number of rotatable bonds is 3. The summed E-state index contributed by atoms with van der Waals surface area (Å²) in [5, 5.41) is 3.50. The molecular weight excluding hydrogens is 282 g/mol. The standard InChI is InChI=1S/C14H18F2N2OS/c1-20-9-4-2-8(3-5-9)18-14(19)10-6-11(15)12(16)7-13(10)17/h6-9H,2-5,17H2,1H3,(H,18,19). The van der Waals surface area contributed by atoms with Gasteiger partial charge in [-0.1, -0.05) is 0 Å². The Kier molecular flexibility index (Phi) is 4.86. The minimum absolute atomic E-state index is 0.00381. The molecule has 3 N–H and O–H groups in total. The molecule has 0 bridgehead atoms. The van der Waals surface area contributed by atoms with Crippen LogP contribution in [0.1, 0.15) is 36.0 Å². The molecule has 1 saturated carbocycles. The van der Waals surface area contributed by atoms with Gasteiger partial charge >= 0.3 is 0 Å². The normalized spacial score (nSPS) is 22.6. The first-order valence-electron chi connectivity index (χ1n) is 6.59. The summed E-state index contributed by atoms with van der Waals surface area (Å²) in [6.07, 6.45) is 6.01. The third-order valence-corrected chi connectivity index (χ3v) is 4.82. The highest BCUT2D eigenvalue weighted by atomic mass is 32.2. The third-order valence-electron chi connectivity index (χ3n) is 3.68. The molecule has 1 aliphatic carbocycles. The maximum absolute atomic E-state index is 13.2. The zero-order valence-electron chi connectivity index (χ0n) is 11.3. The average molecular weight is 300 g/mol. The average Bonchev–Trinajstić information content (AvgIpc) is 2.43. The van der Waals surface area contributed by atoms with Crippen LogP contribution in [0, 0.1) is 11.6 Å². The van der Waals surface area contributed by atoms with E-state index in [0.29, 0.717) is 5.25 Å². The Hall–Kier alpha value is -1.30. The van der Waals surface area contributed by atoms with Crippen LogP contribution in [0.5, 0.6) is 0 Å². The summed E-state index contributed by atoms with van der Waals surface area (Å²) < 4.78 is 26.2. The summed E-state index contributed by atoms with van der Waals surface area (Å²) in [5.74, 6) is -2.54. The lowest BCUT2D eigenvalue weighted by Gasteiger charge is -2.28. The maximum atomic E-state index is 13.2. The molecule has 0 atom stereocenters. The minimum Gasteiger partial charge on any atom is -0.398 e. The van der Waals surface area contributed by atoms with E-state index in [2.05, 4.69) is 11.6 Å². The van der Waals surface area contributed by atoms with Crippen molar-refractivity contribution in [2.24, 2.45) is 0 Å². The van der Waals surface area contributed by atoms with Crippen molar-refractivity contribution in [2.45, 2.75) is 37.0 Å². The number of nitrogens with two attached hydrogens (primary N) is 1. The summed E-state index contributed by atoms with van der Waals surface area (Å²) in [4.78, 5) is 12.1. The number of benzene rings is 1. The number of anilines is 1. The van der Waals surface area contributed by atoms with Gasteiger partial charge in [-0.25, -0.2) is 8.78 Å². The Balaban J connectivity index is 2.01. The van der Waals surface area contributed by atoms with Crippen LogP contribution in [-0.4, -0.2) is 23.5 Å². The number of carbonyl (C=O) groups excluding carboxylic acids is 1. The summed E-state index contributed by atoms with van der Waals surface area (Å²) in [6.45, 7) is 0. The van der Waals surface area contributed by atoms with Crippen molar-refractivity contribution in [3.8, 4) is 0 Å². The van der Waals surface area contributed by atoms with Gasteiger partial charge in [0.25, 0.3) is 5.91 Å². The molecule has 0 aliphatic heterocycles. The predicted molar refractivity (Wildman–Crippen MR) is 77.8 cm³/mol. The number of hydrogen-bond donors (Lipinski definition) is 2. The number of thioether (sulfide) groups is 1. The van der Waals surface area contributed by atoms with Crippen LogP contribution in [0.15, 0.2) is 12.1 Å². The molecule has 1 aromatic carbocycles. The first-order chi connectivity index (χ1) is 9.51. The lowest BCUT2D eigenvalue weighted by molar-refractivity contribution is 0.0928. The lowest BCUT2D eigenvalue weighted by Crippen LogP contribution is -2.38. The quantitative estimate of drug-likeness (QED) is 0.844. The number of nitrogens with one attached hydrogen (secondary N) is 1. The summed E-state index contributed by atoms with van der Waals surface area (Å²) >= 11 is 1.85. The Morgan fingerprint density at radius 1 is 1.25 bits per heavy atom. The number of carbonyl (C=O) groups is 1. The van der Waals surface area contributed by atoms with Crippen molar-refractivity contribution in [3.63, 3.8) is 0 Å². The van der Waals surface area contributed by atoms with Gasteiger partial charge in [0, 0.05) is 23.0 Å². The largest absolute Gasteiger partial charge is 0.398 e. The highest BCUT2D eigenvalue weighted by Gasteiger charge is 2.23. The van der Waals surface area contributed by atoms with Crippen molar-refractivity contribution in [1.82, 2.24) is 5.32 Å². The zero-order chi connectivity index (χ0) is 14.7. The van der Waals surface area contributed by atoms with E-state index in [4.69, 9.17) is 5.73 Å². The second kappa shape index (κ2) is 6.43. The van der Waals surface area contributed by atoms with E-state index in [-0.39, 0.29) is 17.3 Å². The van der Waals surface area contributed by atoms with Crippen molar-refractivity contribution in [3.05, 3.63) is 29.3 Å². The Bertz CT molecular complexity index is 502. The number of nitrogen functional groups attached to an aromatic ring is 1. The molecule has 1 fully saturated rings. The molecule has 6 heteroatoms. The van der Waals surface area contributed by atoms with Gasteiger partial charge in [0.1, 0.15) is 0 Å². The highest BCUT2D eigenvalue weighted by molar-refractivity contribution is 7.99. The van der Waals surface area contributed by atoms with Crippen molar-refractivity contribution in [2.75, 3.05) is 12.0 Å².